The average Bonchev–Trinajstić information content (AvgIpc) is 2.03. The molecular formula is C8H17NO3S. The fraction of sp³-hybridized carbons (Fsp3) is 1.00. The van der Waals surface area contributed by atoms with Gasteiger partial charge in [0.05, 0.1) is 18.5 Å². The van der Waals surface area contributed by atoms with Gasteiger partial charge in [0, 0.05) is 0 Å². The molecule has 13 heavy (non-hydrogen) atoms. The van der Waals surface area contributed by atoms with Crippen molar-refractivity contribution in [3.05, 3.63) is 0 Å². The van der Waals surface area contributed by atoms with Crippen molar-refractivity contribution in [3.8, 4) is 0 Å². The summed E-state index contributed by atoms with van der Waals surface area (Å²) < 4.78 is 30.9. The minimum atomic E-state index is -3.15. The Morgan fingerprint density at radius 2 is 1.69 bits per heavy atom. The maximum absolute atomic E-state index is 11.6. The summed E-state index contributed by atoms with van der Waals surface area (Å²) in [5.41, 5.74) is 0. The second kappa shape index (κ2) is 3.94. The zero-order chi connectivity index (χ0) is 10.1. The third-order valence-corrected chi connectivity index (χ3v) is 4.74. The summed E-state index contributed by atoms with van der Waals surface area (Å²) in [4.78, 5) is 0. The molecule has 0 aromatic carbocycles. The number of hydrogen-bond donors (Lipinski definition) is 1. The van der Waals surface area contributed by atoms with Crippen molar-refractivity contribution in [2.45, 2.75) is 19.1 Å². The zero-order valence-electron chi connectivity index (χ0n) is 8.28. The highest BCUT2D eigenvalue weighted by Gasteiger charge is 2.37. The fourth-order valence-corrected chi connectivity index (χ4v) is 3.59. The lowest BCUT2D eigenvalue weighted by molar-refractivity contribution is 0.0300. The maximum Gasteiger partial charge on any atom is 0.214 e. The van der Waals surface area contributed by atoms with Crippen LogP contribution in [-0.4, -0.2) is 33.9 Å². The van der Waals surface area contributed by atoms with Crippen molar-refractivity contribution in [1.29, 1.82) is 0 Å². The molecule has 1 fully saturated rings. The van der Waals surface area contributed by atoms with Crippen LogP contribution in [-0.2, 0) is 14.8 Å². The van der Waals surface area contributed by atoms with E-state index >= 15 is 0 Å². The number of sulfonamides is 1. The van der Waals surface area contributed by atoms with Gasteiger partial charge < -0.3 is 4.74 Å². The van der Waals surface area contributed by atoms with Crippen molar-refractivity contribution in [1.82, 2.24) is 4.72 Å². The van der Waals surface area contributed by atoms with Crippen LogP contribution in [0.2, 0.25) is 0 Å². The highest BCUT2D eigenvalue weighted by atomic mass is 32.2. The van der Waals surface area contributed by atoms with Crippen LogP contribution in [0.1, 0.15) is 13.8 Å². The van der Waals surface area contributed by atoms with Gasteiger partial charge in [0.2, 0.25) is 10.0 Å². The summed E-state index contributed by atoms with van der Waals surface area (Å²) in [6.45, 7) is 4.90. The van der Waals surface area contributed by atoms with E-state index in [0.717, 1.165) is 0 Å². The Labute approximate surface area is 79.7 Å². The molecule has 1 heterocycles. The highest BCUT2D eigenvalue weighted by Crippen LogP contribution is 2.25. The summed E-state index contributed by atoms with van der Waals surface area (Å²) in [5.74, 6) is 0.141. The summed E-state index contributed by atoms with van der Waals surface area (Å²) in [7, 11) is -1.69. The minimum Gasteiger partial charge on any atom is -0.381 e. The van der Waals surface area contributed by atoms with E-state index in [0.29, 0.717) is 13.2 Å². The SMILES string of the molecule is CNS(=O)(=O)C1[C@@H](C)COC[C@@H]1C. The molecule has 0 saturated carbocycles. The van der Waals surface area contributed by atoms with E-state index in [4.69, 9.17) is 4.74 Å². The summed E-state index contributed by atoms with van der Waals surface area (Å²) in [5, 5.41) is -0.314. The Morgan fingerprint density at radius 1 is 1.23 bits per heavy atom. The molecule has 0 amide bonds. The van der Waals surface area contributed by atoms with Crippen LogP contribution in [0.15, 0.2) is 0 Å². The molecule has 0 bridgehead atoms. The van der Waals surface area contributed by atoms with Crippen LogP contribution in [0, 0.1) is 11.8 Å². The molecular weight excluding hydrogens is 190 g/mol. The molecule has 5 heteroatoms. The standard InChI is InChI=1S/C8H17NO3S/c1-6-4-12-5-7(2)8(6)13(10,11)9-3/h6-9H,4-5H2,1-3H3/t6-,7-/m0/s1. The molecule has 0 aliphatic carbocycles. The molecule has 1 saturated heterocycles. The predicted octanol–water partition coefficient (Wildman–Crippen LogP) is 0.207. The molecule has 78 valence electrons. The Balaban J connectivity index is 2.86. The molecule has 1 aliphatic heterocycles. The van der Waals surface area contributed by atoms with Gasteiger partial charge in [-0.1, -0.05) is 13.8 Å². The molecule has 0 radical (unpaired) electrons. The average molecular weight is 207 g/mol. The van der Waals surface area contributed by atoms with Gasteiger partial charge in [-0.15, -0.1) is 0 Å². The van der Waals surface area contributed by atoms with E-state index in [2.05, 4.69) is 4.72 Å². The Morgan fingerprint density at radius 3 is 2.08 bits per heavy atom. The molecule has 1 rings (SSSR count). The van der Waals surface area contributed by atoms with Crippen molar-refractivity contribution in [3.63, 3.8) is 0 Å². The first-order valence-electron chi connectivity index (χ1n) is 4.49. The second-order valence-corrected chi connectivity index (χ2v) is 5.75. The lowest BCUT2D eigenvalue weighted by Gasteiger charge is -2.33. The van der Waals surface area contributed by atoms with Crippen molar-refractivity contribution < 1.29 is 13.2 Å². The van der Waals surface area contributed by atoms with Gasteiger partial charge in [0.15, 0.2) is 0 Å². The zero-order valence-corrected chi connectivity index (χ0v) is 9.10. The summed E-state index contributed by atoms with van der Waals surface area (Å²) in [6, 6.07) is 0. The monoisotopic (exact) mass is 207 g/mol. The minimum absolute atomic E-state index is 0.0706. The third-order valence-electron chi connectivity index (χ3n) is 2.53. The van der Waals surface area contributed by atoms with Crippen LogP contribution in [0.5, 0.6) is 0 Å². The van der Waals surface area contributed by atoms with Gasteiger partial charge in [0.25, 0.3) is 0 Å². The first-order chi connectivity index (χ1) is 5.99. The summed E-state index contributed by atoms with van der Waals surface area (Å²) in [6.07, 6.45) is 0. The van der Waals surface area contributed by atoms with E-state index in [1.54, 1.807) is 0 Å². The van der Waals surface area contributed by atoms with E-state index in [1.165, 1.54) is 7.05 Å². The maximum atomic E-state index is 11.6. The molecule has 1 N–H and O–H groups in total. The number of nitrogens with one attached hydrogen (secondary N) is 1. The lowest BCUT2D eigenvalue weighted by Crippen LogP contribution is -2.46. The largest absolute Gasteiger partial charge is 0.381 e. The topological polar surface area (TPSA) is 55.4 Å². The van der Waals surface area contributed by atoms with Gasteiger partial charge in [-0.2, -0.15) is 0 Å². The lowest BCUT2D eigenvalue weighted by atomic mass is 9.95. The van der Waals surface area contributed by atoms with Gasteiger partial charge in [-0.05, 0) is 18.9 Å². The van der Waals surface area contributed by atoms with Gasteiger partial charge >= 0.3 is 0 Å². The molecule has 0 aromatic rings. The molecule has 0 unspecified atom stereocenters. The van der Waals surface area contributed by atoms with Crippen LogP contribution in [0.25, 0.3) is 0 Å². The van der Waals surface area contributed by atoms with Crippen LogP contribution in [0.4, 0.5) is 0 Å². The molecule has 1 aliphatic rings. The fourth-order valence-electron chi connectivity index (χ4n) is 1.94. The highest BCUT2D eigenvalue weighted by molar-refractivity contribution is 7.90. The number of hydrogen-bond acceptors (Lipinski definition) is 3. The van der Waals surface area contributed by atoms with E-state index in [9.17, 15) is 8.42 Å². The number of ether oxygens (including phenoxy) is 1. The van der Waals surface area contributed by atoms with Gasteiger partial charge in [0.1, 0.15) is 0 Å². The first-order valence-corrected chi connectivity index (χ1v) is 6.03. The van der Waals surface area contributed by atoms with Crippen LogP contribution in [0.3, 0.4) is 0 Å². The first kappa shape index (κ1) is 10.9. The summed E-state index contributed by atoms with van der Waals surface area (Å²) >= 11 is 0. The molecule has 0 spiro atoms. The van der Waals surface area contributed by atoms with Crippen molar-refractivity contribution in [2.75, 3.05) is 20.3 Å². The molecule has 2 atom stereocenters. The third kappa shape index (κ3) is 2.21. The van der Waals surface area contributed by atoms with Crippen molar-refractivity contribution in [2.24, 2.45) is 11.8 Å². The van der Waals surface area contributed by atoms with E-state index < -0.39 is 10.0 Å². The smallest absolute Gasteiger partial charge is 0.214 e. The second-order valence-electron chi connectivity index (χ2n) is 3.71. The quantitative estimate of drug-likeness (QED) is 0.704. The van der Waals surface area contributed by atoms with Gasteiger partial charge in [-0.3, -0.25) is 0 Å². The number of rotatable bonds is 2. The molecule has 4 nitrogen and oxygen atoms in total. The van der Waals surface area contributed by atoms with Crippen molar-refractivity contribution >= 4 is 10.0 Å². The Hall–Kier alpha value is -0.130. The predicted molar refractivity (Wildman–Crippen MR) is 50.9 cm³/mol. The molecule has 0 aromatic heterocycles. The Kier molecular flexibility index (Phi) is 3.32. The Bertz CT molecular complexity index is 253. The van der Waals surface area contributed by atoms with E-state index in [-0.39, 0.29) is 17.1 Å². The van der Waals surface area contributed by atoms with Crippen LogP contribution >= 0.6 is 0 Å². The normalized spacial score (nSPS) is 31.9. The van der Waals surface area contributed by atoms with E-state index in [1.807, 2.05) is 13.8 Å². The van der Waals surface area contributed by atoms with Gasteiger partial charge in [-0.25, -0.2) is 13.1 Å². The van der Waals surface area contributed by atoms with Crippen LogP contribution < -0.4 is 4.72 Å².